The highest BCUT2D eigenvalue weighted by molar-refractivity contribution is 5.69. The van der Waals surface area contributed by atoms with Crippen molar-refractivity contribution >= 4 is 5.97 Å². The fourth-order valence-electron chi connectivity index (χ4n) is 0.973. The standard InChI is InChI=1S/C11H22O4/c1-5-11(12)15-10(4)8-14-9(3)7-13-6-2/h9-10H,5-8H2,1-4H3. The van der Waals surface area contributed by atoms with E-state index in [9.17, 15) is 4.79 Å². The summed E-state index contributed by atoms with van der Waals surface area (Å²) in [7, 11) is 0. The molecule has 0 saturated heterocycles. The molecule has 0 amide bonds. The second-order valence-electron chi connectivity index (χ2n) is 3.46. The van der Waals surface area contributed by atoms with Gasteiger partial charge in [-0.3, -0.25) is 4.79 Å². The molecule has 0 spiro atoms. The van der Waals surface area contributed by atoms with Crippen molar-refractivity contribution in [3.63, 3.8) is 0 Å². The normalized spacial score (nSPS) is 14.7. The van der Waals surface area contributed by atoms with Crippen LogP contribution >= 0.6 is 0 Å². The molecule has 0 rings (SSSR count). The fourth-order valence-corrected chi connectivity index (χ4v) is 0.973. The number of rotatable bonds is 8. The molecule has 0 saturated carbocycles. The van der Waals surface area contributed by atoms with Gasteiger partial charge in [-0.25, -0.2) is 0 Å². The second-order valence-corrected chi connectivity index (χ2v) is 3.46. The first-order valence-corrected chi connectivity index (χ1v) is 5.48. The van der Waals surface area contributed by atoms with Crippen molar-refractivity contribution in [1.82, 2.24) is 0 Å². The minimum Gasteiger partial charge on any atom is -0.460 e. The van der Waals surface area contributed by atoms with Crippen molar-refractivity contribution in [2.24, 2.45) is 0 Å². The Hall–Kier alpha value is -0.610. The molecule has 0 radical (unpaired) electrons. The van der Waals surface area contributed by atoms with Gasteiger partial charge in [0.2, 0.25) is 0 Å². The van der Waals surface area contributed by atoms with Crippen LogP contribution in [0.15, 0.2) is 0 Å². The minimum atomic E-state index is -0.193. The molecule has 15 heavy (non-hydrogen) atoms. The topological polar surface area (TPSA) is 44.8 Å². The molecule has 0 fully saturated rings. The first-order valence-electron chi connectivity index (χ1n) is 5.48. The van der Waals surface area contributed by atoms with E-state index >= 15 is 0 Å². The predicted octanol–water partition coefficient (Wildman–Crippen LogP) is 1.77. The van der Waals surface area contributed by atoms with Crippen molar-refractivity contribution in [2.45, 2.75) is 46.3 Å². The maximum Gasteiger partial charge on any atom is 0.305 e. The van der Waals surface area contributed by atoms with Gasteiger partial charge in [0.15, 0.2) is 0 Å². The molecule has 0 bridgehead atoms. The predicted molar refractivity (Wildman–Crippen MR) is 57.8 cm³/mol. The van der Waals surface area contributed by atoms with Crippen molar-refractivity contribution in [3.8, 4) is 0 Å². The molecule has 2 atom stereocenters. The van der Waals surface area contributed by atoms with Crippen molar-refractivity contribution in [2.75, 3.05) is 19.8 Å². The number of esters is 1. The number of carbonyl (C=O) groups is 1. The molecule has 0 aliphatic rings. The lowest BCUT2D eigenvalue weighted by Gasteiger charge is -2.17. The van der Waals surface area contributed by atoms with Gasteiger partial charge in [-0.15, -0.1) is 0 Å². The Morgan fingerprint density at radius 1 is 1.13 bits per heavy atom. The van der Waals surface area contributed by atoms with Crippen LogP contribution in [0.1, 0.15) is 34.1 Å². The molecule has 0 aromatic carbocycles. The summed E-state index contributed by atoms with van der Waals surface area (Å²) in [6, 6.07) is 0. The van der Waals surface area contributed by atoms with Gasteiger partial charge in [-0.1, -0.05) is 6.92 Å². The summed E-state index contributed by atoms with van der Waals surface area (Å²) in [6.45, 7) is 9.15. The Morgan fingerprint density at radius 3 is 2.33 bits per heavy atom. The van der Waals surface area contributed by atoms with E-state index < -0.39 is 0 Å². The summed E-state index contributed by atoms with van der Waals surface area (Å²) in [5.41, 5.74) is 0. The SMILES string of the molecule is CCOCC(C)OCC(C)OC(=O)CC. The molecule has 0 N–H and O–H groups in total. The van der Waals surface area contributed by atoms with Gasteiger partial charge in [-0.05, 0) is 20.8 Å². The van der Waals surface area contributed by atoms with Crippen LogP contribution in [0.4, 0.5) is 0 Å². The minimum absolute atomic E-state index is 0.0349. The van der Waals surface area contributed by atoms with Crippen LogP contribution in [0.3, 0.4) is 0 Å². The summed E-state index contributed by atoms with van der Waals surface area (Å²) in [5, 5.41) is 0. The average Bonchev–Trinajstić information content (AvgIpc) is 2.23. The van der Waals surface area contributed by atoms with E-state index in [1.807, 2.05) is 20.8 Å². The molecule has 90 valence electrons. The first kappa shape index (κ1) is 14.4. The number of hydrogen-bond donors (Lipinski definition) is 0. The Labute approximate surface area is 91.9 Å². The highest BCUT2D eigenvalue weighted by Gasteiger charge is 2.10. The van der Waals surface area contributed by atoms with Gasteiger partial charge in [0, 0.05) is 13.0 Å². The third kappa shape index (κ3) is 8.39. The largest absolute Gasteiger partial charge is 0.460 e. The van der Waals surface area contributed by atoms with E-state index in [4.69, 9.17) is 14.2 Å². The van der Waals surface area contributed by atoms with Gasteiger partial charge < -0.3 is 14.2 Å². The van der Waals surface area contributed by atoms with Crippen LogP contribution in [0.2, 0.25) is 0 Å². The zero-order valence-electron chi connectivity index (χ0n) is 10.1. The molecular formula is C11H22O4. The van der Waals surface area contributed by atoms with Crippen molar-refractivity contribution in [3.05, 3.63) is 0 Å². The van der Waals surface area contributed by atoms with Crippen LogP contribution in [0.25, 0.3) is 0 Å². The third-order valence-electron chi connectivity index (χ3n) is 1.79. The van der Waals surface area contributed by atoms with E-state index in [-0.39, 0.29) is 18.2 Å². The van der Waals surface area contributed by atoms with Crippen LogP contribution in [0, 0.1) is 0 Å². The van der Waals surface area contributed by atoms with Gasteiger partial charge in [0.05, 0.1) is 19.3 Å². The smallest absolute Gasteiger partial charge is 0.305 e. The van der Waals surface area contributed by atoms with Crippen LogP contribution in [0.5, 0.6) is 0 Å². The summed E-state index contributed by atoms with van der Waals surface area (Å²) in [6.07, 6.45) is 0.244. The summed E-state index contributed by atoms with van der Waals surface area (Å²) < 4.78 is 15.7. The highest BCUT2D eigenvalue weighted by atomic mass is 16.6. The maximum atomic E-state index is 10.9. The van der Waals surface area contributed by atoms with E-state index in [1.54, 1.807) is 6.92 Å². The third-order valence-corrected chi connectivity index (χ3v) is 1.79. The molecule has 0 aliphatic heterocycles. The zero-order valence-corrected chi connectivity index (χ0v) is 10.1. The molecule has 0 heterocycles. The zero-order chi connectivity index (χ0) is 11.7. The lowest BCUT2D eigenvalue weighted by atomic mass is 10.4. The Kier molecular flexibility index (Phi) is 8.33. The number of hydrogen-bond acceptors (Lipinski definition) is 4. The second kappa shape index (κ2) is 8.68. The van der Waals surface area contributed by atoms with Gasteiger partial charge in [0.25, 0.3) is 0 Å². The monoisotopic (exact) mass is 218 g/mol. The first-order chi connectivity index (χ1) is 7.10. The van der Waals surface area contributed by atoms with E-state index in [2.05, 4.69) is 0 Å². The molecule has 0 aromatic heterocycles. The maximum absolute atomic E-state index is 10.9. The molecule has 4 nitrogen and oxygen atoms in total. The van der Waals surface area contributed by atoms with Gasteiger partial charge in [0.1, 0.15) is 6.10 Å². The summed E-state index contributed by atoms with van der Waals surface area (Å²) in [5.74, 6) is -0.191. The van der Waals surface area contributed by atoms with Crippen LogP contribution in [-0.2, 0) is 19.0 Å². The summed E-state index contributed by atoms with van der Waals surface area (Å²) in [4.78, 5) is 10.9. The molecule has 4 heteroatoms. The molecule has 2 unspecified atom stereocenters. The molecule has 0 aromatic rings. The van der Waals surface area contributed by atoms with Gasteiger partial charge >= 0.3 is 5.97 Å². The fraction of sp³-hybridized carbons (Fsp3) is 0.909. The lowest BCUT2D eigenvalue weighted by Crippen LogP contribution is -2.25. The molecular weight excluding hydrogens is 196 g/mol. The Morgan fingerprint density at radius 2 is 1.80 bits per heavy atom. The van der Waals surface area contributed by atoms with Crippen molar-refractivity contribution < 1.29 is 19.0 Å². The Balaban J connectivity index is 3.52. The quantitative estimate of drug-likeness (QED) is 0.582. The summed E-state index contributed by atoms with van der Waals surface area (Å²) >= 11 is 0. The number of carbonyl (C=O) groups excluding carboxylic acids is 1. The number of ether oxygens (including phenoxy) is 3. The Bertz CT molecular complexity index is 170. The van der Waals surface area contributed by atoms with Gasteiger partial charge in [-0.2, -0.15) is 0 Å². The van der Waals surface area contributed by atoms with Crippen molar-refractivity contribution in [1.29, 1.82) is 0 Å². The lowest BCUT2D eigenvalue weighted by molar-refractivity contribution is -0.152. The van der Waals surface area contributed by atoms with E-state index in [0.717, 1.165) is 0 Å². The average molecular weight is 218 g/mol. The molecule has 0 aliphatic carbocycles. The highest BCUT2D eigenvalue weighted by Crippen LogP contribution is 1.99. The van der Waals surface area contributed by atoms with Crippen LogP contribution < -0.4 is 0 Å². The van der Waals surface area contributed by atoms with E-state index in [1.165, 1.54) is 0 Å². The van der Waals surface area contributed by atoms with E-state index in [0.29, 0.717) is 26.2 Å². The van der Waals surface area contributed by atoms with Crippen LogP contribution in [-0.4, -0.2) is 38.0 Å².